The fraction of sp³-hybridized carbons (Fsp3) is 0.500. The van der Waals surface area contributed by atoms with Crippen LogP contribution < -0.4 is 16.4 Å². The third-order valence-electron chi connectivity index (χ3n) is 9.17. The average Bonchev–Trinajstić information content (AvgIpc) is 3.68. The summed E-state index contributed by atoms with van der Waals surface area (Å²) in [7, 11) is -8.26. The summed E-state index contributed by atoms with van der Waals surface area (Å²) in [6, 6.07) is 9.12. The van der Waals surface area contributed by atoms with Crippen LogP contribution in [0.25, 0.3) is 0 Å². The molecule has 6 N–H and O–H groups in total. The number of rotatable bonds is 19. The highest BCUT2D eigenvalue weighted by atomic mass is 32.2. The number of phenols is 1. The lowest BCUT2D eigenvalue weighted by Gasteiger charge is -2.34. The summed E-state index contributed by atoms with van der Waals surface area (Å²) in [6.07, 6.45) is -0.580. The van der Waals surface area contributed by atoms with Gasteiger partial charge in [0, 0.05) is 50.8 Å². The number of hydrogen-bond acceptors (Lipinski definition) is 12. The number of aromatic hydroxyl groups is 1. The molecule has 0 aliphatic carbocycles. The fourth-order valence-electron chi connectivity index (χ4n) is 6.23. The molecule has 302 valence electrons. The van der Waals surface area contributed by atoms with Crippen molar-refractivity contribution < 1.29 is 41.4 Å². The molecule has 4 atom stereocenters. The standard InChI is InChI=1S/C36H51N7O9S3/c1-23(2)19-42(55(51,52)28-11-12-31(44)30(18-28)39-33(46)13-14-37)21-32(45)29(17-26-9-7-6-8-10-26)40-35(47)34(24(3)54(5,49)50)43-16-15-41(36(43)48)20-27-22-53-25(4)38-27/h6-12,18,22-24,29,32,34,44-45H,13-17,19-21,37H2,1-5H3,(H,39,46)(H,40,47)/t24?,29-,32-,34+/m0/s1. The summed E-state index contributed by atoms with van der Waals surface area (Å²) >= 11 is 1.43. The number of carbonyl (C=O) groups is 3. The van der Waals surface area contributed by atoms with Crippen molar-refractivity contribution in [2.45, 2.75) is 75.4 Å². The van der Waals surface area contributed by atoms with Gasteiger partial charge in [-0.3, -0.25) is 9.59 Å². The van der Waals surface area contributed by atoms with Crippen molar-refractivity contribution in [2.75, 3.05) is 44.3 Å². The van der Waals surface area contributed by atoms with E-state index in [0.29, 0.717) is 11.3 Å². The molecule has 1 fully saturated rings. The fourth-order valence-corrected chi connectivity index (χ4v) is 9.22. The molecule has 0 saturated carbocycles. The summed E-state index contributed by atoms with van der Waals surface area (Å²) in [5.74, 6) is -1.93. The monoisotopic (exact) mass is 821 g/mol. The lowest BCUT2D eigenvalue weighted by Crippen LogP contribution is -2.59. The summed E-state index contributed by atoms with van der Waals surface area (Å²) in [5, 5.41) is 28.8. The van der Waals surface area contributed by atoms with E-state index in [9.17, 15) is 41.4 Å². The van der Waals surface area contributed by atoms with E-state index in [1.54, 1.807) is 44.2 Å². The Hall–Kier alpha value is -4.14. The molecule has 55 heavy (non-hydrogen) atoms. The van der Waals surface area contributed by atoms with Crippen LogP contribution in [0.15, 0.2) is 58.8 Å². The number of phenolic OH excluding ortho intramolecular Hbond substituents is 1. The minimum Gasteiger partial charge on any atom is -0.506 e. The van der Waals surface area contributed by atoms with Crippen LogP contribution in [0.1, 0.15) is 43.5 Å². The van der Waals surface area contributed by atoms with Gasteiger partial charge in [0.05, 0.1) is 45.2 Å². The molecule has 19 heteroatoms. The van der Waals surface area contributed by atoms with Crippen LogP contribution >= 0.6 is 11.3 Å². The average molecular weight is 822 g/mol. The number of benzene rings is 2. The van der Waals surface area contributed by atoms with Gasteiger partial charge in [0.15, 0.2) is 9.84 Å². The number of aromatic nitrogens is 1. The van der Waals surface area contributed by atoms with Crippen molar-refractivity contribution in [3.8, 4) is 5.75 Å². The zero-order valence-corrected chi connectivity index (χ0v) is 34.0. The minimum absolute atomic E-state index is 0.0308. The maximum Gasteiger partial charge on any atom is 0.321 e. The van der Waals surface area contributed by atoms with Crippen LogP contribution in [0.5, 0.6) is 5.75 Å². The Morgan fingerprint density at radius 1 is 1.05 bits per heavy atom. The Labute approximate surface area is 326 Å². The number of aliphatic hydroxyl groups is 1. The normalized spacial score (nSPS) is 16.0. The van der Waals surface area contributed by atoms with Gasteiger partial charge in [0.2, 0.25) is 21.8 Å². The minimum atomic E-state index is -4.38. The van der Waals surface area contributed by atoms with Gasteiger partial charge >= 0.3 is 6.03 Å². The Morgan fingerprint density at radius 3 is 2.35 bits per heavy atom. The summed E-state index contributed by atoms with van der Waals surface area (Å²) in [6.45, 7) is 6.73. The lowest BCUT2D eigenvalue weighted by molar-refractivity contribution is -0.127. The Morgan fingerprint density at radius 2 is 1.75 bits per heavy atom. The lowest BCUT2D eigenvalue weighted by atomic mass is 10.00. The van der Waals surface area contributed by atoms with Crippen LogP contribution in [-0.2, 0) is 42.4 Å². The van der Waals surface area contributed by atoms with Gasteiger partial charge in [0.25, 0.3) is 0 Å². The van der Waals surface area contributed by atoms with Gasteiger partial charge in [-0.2, -0.15) is 4.31 Å². The molecular formula is C36H51N7O9S3. The summed E-state index contributed by atoms with van der Waals surface area (Å²) < 4.78 is 55.3. The SMILES string of the molecule is Cc1nc(CN2CCN([C@@H](C(=O)N[C@@H](Cc3ccccc3)[C@@H](O)CN(CC(C)C)S(=O)(=O)c3ccc(O)c(NC(=O)CCN)c3)C(C)S(C)(=O)=O)C2=O)cs1. The molecule has 2 aromatic carbocycles. The van der Waals surface area contributed by atoms with E-state index in [1.807, 2.05) is 12.3 Å². The molecule has 2 heterocycles. The summed E-state index contributed by atoms with van der Waals surface area (Å²) in [5.41, 5.74) is 6.67. The third-order valence-corrected chi connectivity index (χ3v) is 13.4. The number of sulfone groups is 1. The molecule has 4 rings (SSSR count). The molecule has 4 amide bonds. The number of amides is 4. The zero-order chi connectivity index (χ0) is 40.7. The van der Waals surface area contributed by atoms with Crippen molar-refractivity contribution in [1.29, 1.82) is 0 Å². The van der Waals surface area contributed by atoms with E-state index >= 15 is 0 Å². The molecule has 16 nitrogen and oxygen atoms in total. The van der Waals surface area contributed by atoms with Crippen LogP contribution in [0, 0.1) is 12.8 Å². The molecule has 1 unspecified atom stereocenters. The number of anilines is 1. The van der Waals surface area contributed by atoms with Gasteiger partial charge < -0.3 is 36.4 Å². The quantitative estimate of drug-likeness (QED) is 0.110. The zero-order valence-electron chi connectivity index (χ0n) is 31.6. The number of nitrogens with two attached hydrogens (primary N) is 1. The third kappa shape index (κ3) is 11.5. The molecule has 0 bridgehead atoms. The van der Waals surface area contributed by atoms with Crippen molar-refractivity contribution in [2.24, 2.45) is 11.7 Å². The second-order valence-corrected chi connectivity index (χ2v) is 19.5. The van der Waals surface area contributed by atoms with Gasteiger partial charge in [0.1, 0.15) is 11.8 Å². The van der Waals surface area contributed by atoms with Crippen LogP contribution in [0.3, 0.4) is 0 Å². The Bertz CT molecular complexity index is 2030. The number of nitrogens with zero attached hydrogens (tertiary/aromatic N) is 4. The van der Waals surface area contributed by atoms with E-state index in [0.717, 1.165) is 27.7 Å². The maximum atomic E-state index is 14.3. The number of carbonyl (C=O) groups excluding carboxylic acids is 3. The van der Waals surface area contributed by atoms with E-state index in [2.05, 4.69) is 15.6 Å². The second kappa shape index (κ2) is 18.7. The number of nitrogens with one attached hydrogen (secondary N) is 2. The molecule has 0 radical (unpaired) electrons. The maximum absolute atomic E-state index is 14.3. The summed E-state index contributed by atoms with van der Waals surface area (Å²) in [4.78, 5) is 47.1. The number of aryl methyl sites for hydroxylation is 1. The molecule has 0 spiro atoms. The topological polar surface area (TPSA) is 233 Å². The van der Waals surface area contributed by atoms with E-state index in [4.69, 9.17) is 5.73 Å². The van der Waals surface area contributed by atoms with Crippen molar-refractivity contribution in [3.63, 3.8) is 0 Å². The largest absolute Gasteiger partial charge is 0.506 e. The number of thiazole rings is 1. The molecular weight excluding hydrogens is 771 g/mol. The van der Waals surface area contributed by atoms with Gasteiger partial charge in [-0.1, -0.05) is 44.2 Å². The first-order valence-electron chi connectivity index (χ1n) is 17.8. The molecule has 1 saturated heterocycles. The first kappa shape index (κ1) is 43.6. The van der Waals surface area contributed by atoms with Crippen molar-refractivity contribution in [1.82, 2.24) is 24.4 Å². The highest BCUT2D eigenvalue weighted by molar-refractivity contribution is 7.91. The van der Waals surface area contributed by atoms with E-state index < -0.39 is 67.7 Å². The smallest absolute Gasteiger partial charge is 0.321 e. The Balaban J connectivity index is 1.66. The molecule has 1 aliphatic heterocycles. The van der Waals surface area contributed by atoms with Crippen LogP contribution in [0.2, 0.25) is 0 Å². The first-order valence-corrected chi connectivity index (χ1v) is 22.1. The van der Waals surface area contributed by atoms with Crippen molar-refractivity contribution >= 4 is 54.7 Å². The van der Waals surface area contributed by atoms with Crippen LogP contribution in [-0.4, -0.2) is 126 Å². The predicted molar refractivity (Wildman–Crippen MR) is 210 cm³/mol. The van der Waals surface area contributed by atoms with Gasteiger partial charge in [-0.25, -0.2) is 26.6 Å². The molecule has 3 aromatic rings. The van der Waals surface area contributed by atoms with Crippen molar-refractivity contribution in [3.05, 3.63) is 70.2 Å². The first-order chi connectivity index (χ1) is 25.8. The second-order valence-electron chi connectivity index (χ2n) is 14.1. The van der Waals surface area contributed by atoms with Crippen LogP contribution in [0.4, 0.5) is 10.5 Å². The number of urea groups is 1. The van der Waals surface area contributed by atoms with E-state index in [1.165, 1.54) is 34.1 Å². The Kier molecular flexibility index (Phi) is 14.8. The molecule has 1 aromatic heterocycles. The van der Waals surface area contributed by atoms with E-state index in [-0.39, 0.29) is 67.8 Å². The number of sulfonamides is 1. The number of hydrogen-bond donors (Lipinski definition) is 5. The predicted octanol–water partition coefficient (Wildman–Crippen LogP) is 1.92. The highest BCUT2D eigenvalue weighted by Crippen LogP contribution is 2.29. The number of aliphatic hydroxyl groups excluding tert-OH is 1. The van der Waals surface area contributed by atoms with Gasteiger partial charge in [-0.05, 0) is 49.9 Å². The highest BCUT2D eigenvalue weighted by Gasteiger charge is 2.44. The van der Waals surface area contributed by atoms with Gasteiger partial charge in [-0.15, -0.1) is 11.3 Å². The molecule has 1 aliphatic rings.